The van der Waals surface area contributed by atoms with Gasteiger partial charge in [-0.3, -0.25) is 0 Å². The quantitative estimate of drug-likeness (QED) is 0.530. The van der Waals surface area contributed by atoms with Crippen LogP contribution in [0, 0.1) is 23.3 Å². The highest BCUT2D eigenvalue weighted by molar-refractivity contribution is 5.74. The Morgan fingerprint density at radius 2 is 1.67 bits per heavy atom. The van der Waals surface area contributed by atoms with E-state index < -0.39 is 46.6 Å². The van der Waals surface area contributed by atoms with Crippen molar-refractivity contribution < 1.29 is 31.9 Å². The van der Waals surface area contributed by atoms with E-state index in [1.807, 2.05) is 5.32 Å². The van der Waals surface area contributed by atoms with E-state index in [2.05, 4.69) is 0 Å². The molecule has 21 heavy (non-hydrogen) atoms. The van der Waals surface area contributed by atoms with Gasteiger partial charge in [-0.2, -0.15) is 0 Å². The van der Waals surface area contributed by atoms with E-state index in [1.165, 1.54) is 20.8 Å². The fourth-order valence-electron chi connectivity index (χ4n) is 1.47. The summed E-state index contributed by atoms with van der Waals surface area (Å²) in [6, 6.07) is -1.92. The van der Waals surface area contributed by atoms with Gasteiger partial charge >= 0.3 is 6.09 Å². The van der Waals surface area contributed by atoms with Crippen LogP contribution in [0.3, 0.4) is 0 Å². The maximum absolute atomic E-state index is 13.5. The lowest BCUT2D eigenvalue weighted by atomic mass is 10.1. The lowest BCUT2D eigenvalue weighted by Crippen LogP contribution is -2.36. The molecule has 0 aliphatic carbocycles. The molecular formula is C13H13F4NO3. The summed E-state index contributed by atoms with van der Waals surface area (Å²) in [5, 5.41) is 1.83. The molecule has 0 bridgehead atoms. The minimum absolute atomic E-state index is 0.00348. The third-order valence-corrected chi connectivity index (χ3v) is 2.27. The first-order chi connectivity index (χ1) is 9.56. The number of aldehydes is 1. The molecule has 0 radical (unpaired) electrons. The van der Waals surface area contributed by atoms with Gasteiger partial charge in [-0.05, 0) is 20.8 Å². The summed E-state index contributed by atoms with van der Waals surface area (Å²) in [6.45, 7) is 4.56. The second kappa shape index (κ2) is 6.11. The first kappa shape index (κ1) is 16.9. The third kappa shape index (κ3) is 4.17. The number of ether oxygens (including phenoxy) is 1. The van der Waals surface area contributed by atoms with Crippen LogP contribution >= 0.6 is 0 Å². The van der Waals surface area contributed by atoms with Crippen LogP contribution in [-0.2, 0) is 9.53 Å². The van der Waals surface area contributed by atoms with E-state index >= 15 is 0 Å². The molecule has 0 heterocycles. The maximum atomic E-state index is 13.5. The summed E-state index contributed by atoms with van der Waals surface area (Å²) in [5.41, 5.74) is -2.16. The first-order valence-electron chi connectivity index (χ1n) is 5.84. The fraction of sp³-hybridized carbons (Fsp3) is 0.385. The Morgan fingerprint density at radius 1 is 1.19 bits per heavy atom. The smallest absolute Gasteiger partial charge is 0.408 e. The number of halogens is 4. The van der Waals surface area contributed by atoms with Gasteiger partial charge in [-0.1, -0.05) is 0 Å². The number of alkyl carbamates (subject to hydrolysis) is 1. The van der Waals surface area contributed by atoms with E-state index in [9.17, 15) is 27.2 Å². The van der Waals surface area contributed by atoms with Crippen molar-refractivity contribution in [2.75, 3.05) is 0 Å². The molecule has 0 aromatic heterocycles. The summed E-state index contributed by atoms with van der Waals surface area (Å²) >= 11 is 0. The predicted molar refractivity (Wildman–Crippen MR) is 64.4 cm³/mol. The molecule has 116 valence electrons. The van der Waals surface area contributed by atoms with Crippen molar-refractivity contribution in [1.29, 1.82) is 0 Å². The lowest BCUT2D eigenvalue weighted by Gasteiger charge is -2.22. The zero-order valence-corrected chi connectivity index (χ0v) is 11.5. The average molecular weight is 307 g/mol. The Morgan fingerprint density at radius 3 is 2.05 bits per heavy atom. The predicted octanol–water partition coefficient (Wildman–Crippen LogP) is 3.01. The molecule has 1 rings (SSSR count). The van der Waals surface area contributed by atoms with Crippen molar-refractivity contribution in [2.45, 2.75) is 32.4 Å². The zero-order chi connectivity index (χ0) is 16.4. The van der Waals surface area contributed by atoms with E-state index in [1.54, 1.807) is 0 Å². The second-order valence-corrected chi connectivity index (χ2v) is 5.14. The molecule has 0 saturated carbocycles. The maximum Gasteiger partial charge on any atom is 0.408 e. The van der Waals surface area contributed by atoms with Crippen LogP contribution in [0.1, 0.15) is 32.4 Å². The molecule has 1 amide bonds. The molecule has 4 nitrogen and oxygen atoms in total. The zero-order valence-electron chi connectivity index (χ0n) is 11.5. The van der Waals surface area contributed by atoms with Gasteiger partial charge in [0.25, 0.3) is 0 Å². The van der Waals surface area contributed by atoms with Gasteiger partial charge in [0.2, 0.25) is 0 Å². The molecule has 0 fully saturated rings. The van der Waals surface area contributed by atoms with Crippen molar-refractivity contribution in [3.63, 3.8) is 0 Å². The largest absolute Gasteiger partial charge is 0.444 e. The summed E-state index contributed by atoms with van der Waals surface area (Å²) in [5.74, 6) is -6.88. The van der Waals surface area contributed by atoms with Crippen LogP contribution in [-0.4, -0.2) is 18.0 Å². The lowest BCUT2D eigenvalue weighted by molar-refractivity contribution is -0.109. The topological polar surface area (TPSA) is 55.4 Å². The Kier molecular flexibility index (Phi) is 4.93. The molecule has 0 aliphatic heterocycles. The molecule has 1 aromatic rings. The molecule has 1 N–H and O–H groups in total. The molecule has 0 saturated heterocycles. The van der Waals surface area contributed by atoms with Gasteiger partial charge in [-0.25, -0.2) is 22.4 Å². The summed E-state index contributed by atoms with van der Waals surface area (Å²) in [6.07, 6.45) is -1.23. The SMILES string of the molecule is CC(C)(C)OC(=O)NC(C=O)c1c(F)c(F)cc(F)c1F. The van der Waals surface area contributed by atoms with Crippen LogP contribution in [0.25, 0.3) is 0 Å². The molecular weight excluding hydrogens is 294 g/mol. The third-order valence-electron chi connectivity index (χ3n) is 2.27. The Balaban J connectivity index is 3.12. The second-order valence-electron chi connectivity index (χ2n) is 5.14. The standard InChI is InChI=1S/C13H13F4NO3/c1-13(2,3)21-12(20)18-8(5-19)9-10(16)6(14)4-7(15)11(9)17/h4-5,8H,1-3H3,(H,18,20). The van der Waals surface area contributed by atoms with Crippen LogP contribution < -0.4 is 5.32 Å². The van der Waals surface area contributed by atoms with E-state index in [0.717, 1.165) is 0 Å². The first-order valence-corrected chi connectivity index (χ1v) is 5.84. The number of rotatable bonds is 3. The van der Waals surface area contributed by atoms with E-state index in [-0.39, 0.29) is 12.4 Å². The molecule has 0 aliphatic rings. The molecule has 1 aromatic carbocycles. The highest BCUT2D eigenvalue weighted by atomic mass is 19.2. The van der Waals surface area contributed by atoms with Crippen molar-refractivity contribution in [3.8, 4) is 0 Å². The van der Waals surface area contributed by atoms with Crippen LogP contribution in [0.5, 0.6) is 0 Å². The minimum atomic E-state index is -1.93. The molecule has 1 unspecified atom stereocenters. The van der Waals surface area contributed by atoms with E-state index in [4.69, 9.17) is 4.74 Å². The normalized spacial score (nSPS) is 12.7. The van der Waals surface area contributed by atoms with E-state index in [0.29, 0.717) is 0 Å². The highest BCUT2D eigenvalue weighted by Gasteiger charge is 2.28. The van der Waals surface area contributed by atoms with Gasteiger partial charge < -0.3 is 14.8 Å². The number of amides is 1. The molecule has 0 spiro atoms. The van der Waals surface area contributed by atoms with Crippen molar-refractivity contribution in [1.82, 2.24) is 5.32 Å². The fourth-order valence-corrected chi connectivity index (χ4v) is 1.47. The van der Waals surface area contributed by atoms with Gasteiger partial charge in [0, 0.05) is 6.07 Å². The molecule has 1 atom stereocenters. The summed E-state index contributed by atoms with van der Waals surface area (Å²) < 4.78 is 58.0. The van der Waals surface area contributed by atoms with Crippen molar-refractivity contribution in [2.24, 2.45) is 0 Å². The van der Waals surface area contributed by atoms with Crippen LogP contribution in [0.15, 0.2) is 6.07 Å². The van der Waals surface area contributed by atoms with Crippen LogP contribution in [0.4, 0.5) is 22.4 Å². The number of hydrogen-bond acceptors (Lipinski definition) is 3. The number of benzene rings is 1. The Hall–Kier alpha value is -2.12. The van der Waals surface area contributed by atoms with Gasteiger partial charge in [-0.15, -0.1) is 0 Å². The molecule has 8 heteroatoms. The monoisotopic (exact) mass is 307 g/mol. The number of nitrogens with one attached hydrogen (secondary N) is 1. The summed E-state index contributed by atoms with van der Waals surface area (Å²) in [4.78, 5) is 22.4. The van der Waals surface area contributed by atoms with Crippen LogP contribution in [0.2, 0.25) is 0 Å². The van der Waals surface area contributed by atoms with Gasteiger partial charge in [0.05, 0.1) is 5.56 Å². The average Bonchev–Trinajstić information content (AvgIpc) is 2.33. The van der Waals surface area contributed by atoms with Crippen molar-refractivity contribution in [3.05, 3.63) is 34.9 Å². The Bertz CT molecular complexity index is 543. The number of carbonyl (C=O) groups is 2. The Labute approximate surface area is 118 Å². The minimum Gasteiger partial charge on any atom is -0.444 e. The van der Waals surface area contributed by atoms with Gasteiger partial charge in [0.1, 0.15) is 17.9 Å². The number of hydrogen-bond donors (Lipinski definition) is 1. The number of carbonyl (C=O) groups excluding carboxylic acids is 2. The highest BCUT2D eigenvalue weighted by Crippen LogP contribution is 2.24. The summed E-state index contributed by atoms with van der Waals surface area (Å²) in [7, 11) is 0. The van der Waals surface area contributed by atoms with Gasteiger partial charge in [0.15, 0.2) is 23.3 Å². The van der Waals surface area contributed by atoms with Crippen molar-refractivity contribution >= 4 is 12.4 Å².